The predicted molar refractivity (Wildman–Crippen MR) is 451 cm³/mol. The molecule has 0 aromatic rings. The second-order valence-electron chi connectivity index (χ2n) is 32.8. The highest BCUT2D eigenvalue weighted by molar-refractivity contribution is 7.47. The molecule has 7 atom stereocenters. The molecule has 0 bridgehead atoms. The van der Waals surface area contributed by atoms with E-state index in [1.807, 2.05) is 0 Å². The minimum atomic E-state index is -4.97. The van der Waals surface area contributed by atoms with Crippen LogP contribution < -0.4 is 0 Å². The smallest absolute Gasteiger partial charge is 0.462 e. The number of ether oxygens (including phenoxy) is 4. The van der Waals surface area contributed by atoms with Crippen molar-refractivity contribution in [1.29, 1.82) is 0 Å². The van der Waals surface area contributed by atoms with Crippen LogP contribution in [0.2, 0.25) is 0 Å². The lowest BCUT2D eigenvalue weighted by molar-refractivity contribution is -0.161. The highest BCUT2D eigenvalue weighted by Crippen LogP contribution is 2.45. The van der Waals surface area contributed by atoms with Gasteiger partial charge >= 0.3 is 39.5 Å². The molecule has 3 N–H and O–H groups in total. The van der Waals surface area contributed by atoms with Gasteiger partial charge in [-0.25, -0.2) is 9.13 Å². The minimum Gasteiger partial charge on any atom is -0.462 e. The first-order chi connectivity index (χ1) is 52.9. The fourth-order valence-electron chi connectivity index (χ4n) is 14.1. The number of aliphatic hydroxyl groups is 1. The van der Waals surface area contributed by atoms with Crippen LogP contribution in [0.3, 0.4) is 0 Å². The third kappa shape index (κ3) is 81.0. The van der Waals surface area contributed by atoms with Crippen molar-refractivity contribution >= 4 is 39.5 Å². The molecule has 0 saturated carbocycles. The maximum atomic E-state index is 13.2. The zero-order valence-electron chi connectivity index (χ0n) is 71.9. The van der Waals surface area contributed by atoms with Crippen molar-refractivity contribution in [3.05, 3.63) is 0 Å². The fraction of sp³-hybridized carbons (Fsp3) is 0.956. The summed E-state index contributed by atoms with van der Waals surface area (Å²) in [5.74, 6) is -0.355. The average molecular weight is 1590 g/mol. The summed E-state index contributed by atoms with van der Waals surface area (Å²) in [5, 5.41) is 10.7. The van der Waals surface area contributed by atoms with Gasteiger partial charge in [0.2, 0.25) is 0 Å². The molecular weight excluding hydrogens is 1410 g/mol. The lowest BCUT2D eigenvalue weighted by Gasteiger charge is -2.21. The fourth-order valence-corrected chi connectivity index (χ4v) is 15.6. The second kappa shape index (κ2) is 81.2. The van der Waals surface area contributed by atoms with Gasteiger partial charge in [-0.1, -0.05) is 433 Å². The predicted octanol–water partition coefficient (Wildman–Crippen LogP) is 27.8. The Hall–Kier alpha value is -1.94. The third-order valence-corrected chi connectivity index (χ3v) is 23.8. The summed E-state index contributed by atoms with van der Waals surface area (Å²) in [7, 11) is -9.93. The Morgan fingerprint density at radius 3 is 0.651 bits per heavy atom. The van der Waals surface area contributed by atoms with Gasteiger partial charge in [0.05, 0.1) is 26.4 Å². The van der Waals surface area contributed by atoms with Crippen molar-refractivity contribution in [1.82, 2.24) is 0 Å². The van der Waals surface area contributed by atoms with Crippen LogP contribution in [0.5, 0.6) is 0 Å². The van der Waals surface area contributed by atoms with Gasteiger partial charge in [-0.15, -0.1) is 0 Å². The molecule has 0 radical (unpaired) electrons. The van der Waals surface area contributed by atoms with Crippen molar-refractivity contribution in [2.75, 3.05) is 39.6 Å². The van der Waals surface area contributed by atoms with E-state index in [4.69, 9.17) is 37.0 Å². The number of phosphoric acid groups is 2. The maximum absolute atomic E-state index is 13.2. The van der Waals surface area contributed by atoms with Gasteiger partial charge in [0.1, 0.15) is 19.3 Å². The van der Waals surface area contributed by atoms with Gasteiger partial charge in [0, 0.05) is 25.7 Å². The number of aliphatic hydroxyl groups excluding tert-OH is 1. The molecule has 17 nitrogen and oxygen atoms in total. The number of carbonyl (C=O) groups excluding carboxylic acids is 4. The molecule has 0 rings (SSSR count). The molecule has 648 valence electrons. The Morgan fingerprint density at radius 1 is 0.257 bits per heavy atom. The molecule has 4 unspecified atom stereocenters. The van der Waals surface area contributed by atoms with Crippen LogP contribution in [0, 0.1) is 11.8 Å². The summed E-state index contributed by atoms with van der Waals surface area (Å²) in [5.41, 5.74) is 0. The van der Waals surface area contributed by atoms with Crippen LogP contribution in [0.15, 0.2) is 0 Å². The summed E-state index contributed by atoms with van der Waals surface area (Å²) in [6, 6.07) is 0. The number of unbranched alkanes of at least 4 members (excludes halogenated alkanes) is 57. The van der Waals surface area contributed by atoms with E-state index >= 15 is 0 Å². The first-order valence-corrected chi connectivity index (χ1v) is 49.6. The van der Waals surface area contributed by atoms with Gasteiger partial charge < -0.3 is 33.8 Å². The average Bonchev–Trinajstić information content (AvgIpc) is 0.898. The number of phosphoric ester groups is 2. The number of hydrogen-bond acceptors (Lipinski definition) is 15. The van der Waals surface area contributed by atoms with Crippen molar-refractivity contribution < 1.29 is 80.2 Å². The van der Waals surface area contributed by atoms with E-state index in [-0.39, 0.29) is 25.7 Å². The summed E-state index contributed by atoms with van der Waals surface area (Å²) in [4.78, 5) is 73.2. The quantitative estimate of drug-likeness (QED) is 0.0222. The zero-order chi connectivity index (χ0) is 79.9. The highest BCUT2D eigenvalue weighted by atomic mass is 31.2. The van der Waals surface area contributed by atoms with Gasteiger partial charge in [0.25, 0.3) is 0 Å². The number of carbonyl (C=O) groups is 4. The third-order valence-electron chi connectivity index (χ3n) is 21.9. The van der Waals surface area contributed by atoms with E-state index in [1.54, 1.807) is 0 Å². The van der Waals surface area contributed by atoms with E-state index in [2.05, 4.69) is 41.5 Å². The van der Waals surface area contributed by atoms with Gasteiger partial charge in [-0.2, -0.15) is 0 Å². The number of esters is 4. The second-order valence-corrected chi connectivity index (χ2v) is 35.7. The van der Waals surface area contributed by atoms with Crippen molar-refractivity contribution in [2.45, 2.75) is 503 Å². The summed E-state index contributed by atoms with van der Waals surface area (Å²) < 4.78 is 68.9. The molecule has 0 spiro atoms. The van der Waals surface area contributed by atoms with Crippen molar-refractivity contribution in [3.8, 4) is 0 Å². The van der Waals surface area contributed by atoms with Gasteiger partial charge in [0.15, 0.2) is 12.2 Å². The number of hydrogen-bond donors (Lipinski definition) is 3. The molecule has 109 heavy (non-hydrogen) atoms. The molecule has 0 amide bonds. The van der Waals surface area contributed by atoms with Crippen LogP contribution in [0.25, 0.3) is 0 Å². The van der Waals surface area contributed by atoms with Crippen LogP contribution in [-0.2, 0) is 65.4 Å². The largest absolute Gasteiger partial charge is 0.472 e. The van der Waals surface area contributed by atoms with Crippen molar-refractivity contribution in [3.63, 3.8) is 0 Å². The molecule has 0 heterocycles. The molecule has 0 aliphatic heterocycles. The van der Waals surface area contributed by atoms with E-state index in [1.165, 1.54) is 302 Å². The van der Waals surface area contributed by atoms with E-state index in [9.17, 15) is 43.2 Å². The van der Waals surface area contributed by atoms with E-state index in [0.29, 0.717) is 25.7 Å². The van der Waals surface area contributed by atoms with Gasteiger partial charge in [-0.3, -0.25) is 37.3 Å². The molecule has 0 aliphatic carbocycles. The SMILES string of the molecule is CCCCCCCCCCCCCCCCCCCC(=O)O[C@H](COC(=O)CCCCCCCCCC)COP(=O)(O)OC[C@H](O)COP(=O)(O)OC[C@@H](COC(=O)CCCCCCCCCCCCCCCCCCCCC(C)CC)OC(=O)CCCCCCCCCCCCCCCCCCCCC(C)CC. The first kappa shape index (κ1) is 107. The molecule has 0 aromatic carbocycles. The minimum absolute atomic E-state index is 0.109. The van der Waals surface area contributed by atoms with E-state index in [0.717, 1.165) is 102 Å². The Morgan fingerprint density at radius 2 is 0.440 bits per heavy atom. The van der Waals surface area contributed by atoms with Crippen LogP contribution >= 0.6 is 15.6 Å². The Bertz CT molecular complexity index is 2080. The van der Waals surface area contributed by atoms with Crippen LogP contribution in [0.4, 0.5) is 0 Å². The topological polar surface area (TPSA) is 237 Å². The molecule has 0 aromatic heterocycles. The summed E-state index contributed by atoms with van der Waals surface area (Å²) in [6.07, 6.45) is 75.1. The Kier molecular flexibility index (Phi) is 79.8. The summed E-state index contributed by atoms with van der Waals surface area (Å²) >= 11 is 0. The molecular formula is C90H176O17P2. The highest BCUT2D eigenvalue weighted by Gasteiger charge is 2.31. The normalized spacial score (nSPS) is 14.2. The van der Waals surface area contributed by atoms with Crippen molar-refractivity contribution in [2.24, 2.45) is 11.8 Å². The summed E-state index contributed by atoms with van der Waals surface area (Å²) in [6.45, 7) is 9.80. The van der Waals surface area contributed by atoms with Crippen LogP contribution in [0.1, 0.15) is 485 Å². The maximum Gasteiger partial charge on any atom is 0.472 e. The Labute approximate surface area is 670 Å². The lowest BCUT2D eigenvalue weighted by Crippen LogP contribution is -2.30. The molecule has 0 aliphatic rings. The van der Waals surface area contributed by atoms with Gasteiger partial charge in [-0.05, 0) is 37.5 Å². The lowest BCUT2D eigenvalue weighted by atomic mass is 9.99. The molecule has 0 saturated heterocycles. The first-order valence-electron chi connectivity index (χ1n) is 46.6. The van der Waals surface area contributed by atoms with E-state index < -0.39 is 97.5 Å². The molecule has 19 heteroatoms. The Balaban J connectivity index is 5.17. The molecule has 0 fully saturated rings. The zero-order valence-corrected chi connectivity index (χ0v) is 73.7. The van der Waals surface area contributed by atoms with Crippen LogP contribution in [-0.4, -0.2) is 96.7 Å². The standard InChI is InChI=1S/C90H176O17P2/c1-7-11-13-15-17-19-20-21-22-27-35-40-45-50-56-62-68-74-89(94)106-85(78-100-87(92)72-66-60-54-18-16-14-12-8-2)80-104-108(96,97)102-76-84(91)77-103-109(98,99)105-81-86(107-90(95)75-69-63-57-51-46-41-36-31-26-24-29-33-38-43-48-53-59-65-71-83(6)10-4)79-101-88(93)73-67-61-55-49-44-39-34-30-25-23-28-32-37-42-47-52-58-64-70-82(5)9-3/h82-86,91H,7-81H2,1-6H3,(H,96,97)(H,98,99)/t82?,83?,84-,85+,86+/m0/s1. The monoisotopic (exact) mass is 1590 g/mol. The number of rotatable bonds is 89.